The molecule has 0 heterocycles. The Morgan fingerprint density at radius 2 is 0.794 bits per heavy atom. The summed E-state index contributed by atoms with van der Waals surface area (Å²) in [5.74, 6) is -0.796. The summed E-state index contributed by atoms with van der Waals surface area (Å²) in [6, 6.07) is 0. The first-order valence-corrected chi connectivity index (χ1v) is 29.9. The molecule has 0 fully saturated rings. The van der Waals surface area contributed by atoms with Gasteiger partial charge < -0.3 is 18.9 Å². The van der Waals surface area contributed by atoms with Gasteiger partial charge in [-0.05, 0) is 77.0 Å². The number of unbranched alkanes of at least 4 members (excludes halogenated alkanes) is 30. The van der Waals surface area contributed by atoms with Gasteiger partial charge in [0.15, 0.2) is 6.10 Å². The van der Waals surface area contributed by atoms with Crippen LogP contribution in [0.3, 0.4) is 0 Å². The molecule has 2 atom stereocenters. The second-order valence-corrected chi connectivity index (χ2v) is 21.8. The average molecular weight is 979 g/mol. The van der Waals surface area contributed by atoms with E-state index in [4.69, 9.17) is 18.5 Å². The zero-order valence-electron chi connectivity index (χ0n) is 45.1. The number of esters is 2. The van der Waals surface area contributed by atoms with Gasteiger partial charge in [0.25, 0.3) is 0 Å². The molecule has 1 N–H and O–H groups in total. The monoisotopic (exact) mass is 979 g/mol. The molecule has 0 amide bonds. The molecule has 0 saturated carbocycles. The van der Waals surface area contributed by atoms with E-state index in [1.54, 1.807) is 0 Å². The van der Waals surface area contributed by atoms with E-state index in [2.05, 4.69) is 62.5 Å². The Bertz CT molecular complexity index is 1290. The number of phosphoric acid groups is 1. The lowest BCUT2D eigenvalue weighted by Gasteiger charge is -2.24. The van der Waals surface area contributed by atoms with Crippen molar-refractivity contribution >= 4 is 19.8 Å². The lowest BCUT2D eigenvalue weighted by Crippen LogP contribution is -2.37. The van der Waals surface area contributed by atoms with E-state index in [9.17, 15) is 19.0 Å². The molecule has 398 valence electrons. The van der Waals surface area contributed by atoms with Gasteiger partial charge in [0.05, 0.1) is 27.7 Å². The first-order chi connectivity index (χ1) is 33.0. The fraction of sp³-hybridized carbons (Fsp3) is 0.828. The lowest BCUT2D eigenvalue weighted by atomic mass is 10.0. The highest BCUT2D eigenvalue weighted by Crippen LogP contribution is 2.43. The number of allylic oxidation sites excluding steroid dienone is 8. The summed E-state index contributed by atoms with van der Waals surface area (Å²) >= 11 is 0. The predicted molar refractivity (Wildman–Crippen MR) is 289 cm³/mol. The SMILES string of the molecule is CCCCC/C=C\C/C=C\CCCCCCCCCCCC(=O)OCC(COP(=O)(O)OCC[N+](C)(C)C)OC(=O)CCCCCCCCCCCCCCC/C=C\C/C=C\CCCCCCC. The number of nitrogens with zero attached hydrogens (tertiary/aromatic N) is 1. The summed E-state index contributed by atoms with van der Waals surface area (Å²) in [4.78, 5) is 35.7. The number of rotatable bonds is 52. The van der Waals surface area contributed by atoms with Crippen LogP contribution in [0.25, 0.3) is 0 Å². The molecule has 0 aliphatic carbocycles. The summed E-state index contributed by atoms with van der Waals surface area (Å²) in [6.45, 7) is 4.42. The van der Waals surface area contributed by atoms with Crippen molar-refractivity contribution in [3.63, 3.8) is 0 Å². The number of likely N-dealkylation sites (N-methyl/N-ethyl adjacent to an activating group) is 1. The highest BCUT2D eigenvalue weighted by molar-refractivity contribution is 7.47. The van der Waals surface area contributed by atoms with Gasteiger partial charge in [-0.1, -0.05) is 217 Å². The molecule has 0 aromatic heterocycles. The average Bonchev–Trinajstić information content (AvgIpc) is 3.30. The van der Waals surface area contributed by atoms with Crippen LogP contribution in [0.15, 0.2) is 48.6 Å². The minimum atomic E-state index is -4.39. The molecular weight excluding hydrogens is 870 g/mol. The Balaban J connectivity index is 4.17. The van der Waals surface area contributed by atoms with Crippen molar-refractivity contribution in [1.29, 1.82) is 0 Å². The third-order valence-corrected chi connectivity index (χ3v) is 13.3. The van der Waals surface area contributed by atoms with Crippen LogP contribution in [0.1, 0.15) is 258 Å². The van der Waals surface area contributed by atoms with Gasteiger partial charge in [-0.25, -0.2) is 4.57 Å². The molecule has 2 unspecified atom stereocenters. The summed E-state index contributed by atoms with van der Waals surface area (Å²) in [5, 5.41) is 0. The van der Waals surface area contributed by atoms with E-state index in [1.165, 1.54) is 180 Å². The van der Waals surface area contributed by atoms with E-state index < -0.39 is 26.5 Å². The fourth-order valence-corrected chi connectivity index (χ4v) is 8.64. The predicted octanol–water partition coefficient (Wildman–Crippen LogP) is 17.4. The van der Waals surface area contributed by atoms with Crippen molar-refractivity contribution in [1.82, 2.24) is 0 Å². The molecule has 0 spiro atoms. The summed E-state index contributed by atoms with van der Waals surface area (Å²) in [7, 11) is 1.48. The third-order valence-electron chi connectivity index (χ3n) is 12.3. The van der Waals surface area contributed by atoms with Crippen LogP contribution in [-0.4, -0.2) is 74.9 Å². The largest absolute Gasteiger partial charge is 0.472 e. The van der Waals surface area contributed by atoms with Crippen molar-refractivity contribution in [2.24, 2.45) is 0 Å². The van der Waals surface area contributed by atoms with Gasteiger partial charge in [0.1, 0.15) is 19.8 Å². The maximum atomic E-state index is 12.8. The summed E-state index contributed by atoms with van der Waals surface area (Å²) in [6.07, 6.45) is 61.7. The number of phosphoric ester groups is 1. The Kier molecular flexibility index (Phi) is 48.4. The van der Waals surface area contributed by atoms with Crippen LogP contribution in [0.2, 0.25) is 0 Å². The van der Waals surface area contributed by atoms with Crippen molar-refractivity contribution in [3.8, 4) is 0 Å². The van der Waals surface area contributed by atoms with Crippen LogP contribution < -0.4 is 0 Å². The lowest BCUT2D eigenvalue weighted by molar-refractivity contribution is -0.870. The van der Waals surface area contributed by atoms with Gasteiger partial charge in [-0.3, -0.25) is 18.6 Å². The second-order valence-electron chi connectivity index (χ2n) is 20.3. The molecule has 0 saturated heterocycles. The van der Waals surface area contributed by atoms with Crippen LogP contribution in [-0.2, 0) is 32.7 Å². The maximum Gasteiger partial charge on any atom is 0.472 e. The molecule has 0 aromatic rings. The summed E-state index contributed by atoms with van der Waals surface area (Å²) in [5.41, 5.74) is 0. The quantitative estimate of drug-likeness (QED) is 0.0211. The molecule has 0 aliphatic heterocycles. The minimum absolute atomic E-state index is 0.0306. The van der Waals surface area contributed by atoms with Crippen molar-refractivity contribution in [2.45, 2.75) is 264 Å². The Hall–Kier alpha value is -2.03. The third kappa shape index (κ3) is 53.3. The Labute approximate surface area is 420 Å². The number of ether oxygens (including phenoxy) is 2. The van der Waals surface area contributed by atoms with Crippen molar-refractivity contribution in [3.05, 3.63) is 48.6 Å². The number of carbonyl (C=O) groups is 2. The zero-order valence-corrected chi connectivity index (χ0v) is 46.0. The summed E-state index contributed by atoms with van der Waals surface area (Å²) < 4.78 is 34.6. The normalized spacial score (nSPS) is 13.7. The smallest absolute Gasteiger partial charge is 0.462 e. The van der Waals surface area contributed by atoms with Gasteiger partial charge >= 0.3 is 19.8 Å². The van der Waals surface area contributed by atoms with E-state index in [0.717, 1.165) is 44.9 Å². The van der Waals surface area contributed by atoms with E-state index in [0.29, 0.717) is 17.4 Å². The molecule has 0 radical (unpaired) electrons. The highest BCUT2D eigenvalue weighted by atomic mass is 31.2. The van der Waals surface area contributed by atoms with Gasteiger partial charge in [-0.15, -0.1) is 0 Å². The molecule has 0 rings (SSSR count). The molecule has 68 heavy (non-hydrogen) atoms. The van der Waals surface area contributed by atoms with Gasteiger partial charge in [-0.2, -0.15) is 0 Å². The van der Waals surface area contributed by atoms with Crippen LogP contribution in [0.5, 0.6) is 0 Å². The molecule has 10 heteroatoms. The standard InChI is InChI=1S/C58H108NO8P/c1-6-8-10-12-14-16-18-20-22-24-26-27-28-29-30-31-33-35-37-39-41-43-45-47-49-51-58(61)67-56(55-66-68(62,63)65-53-52-59(3,4)5)54-64-57(60)50-48-46-44-42-40-38-36-34-32-25-23-21-19-17-15-13-11-9-7-2/h15,17-18,20-21,23-24,26,56H,6-14,16,19,22,25,27-55H2,1-5H3/p+1/b17-15-,20-18-,23-21-,26-24-. The maximum absolute atomic E-state index is 12.8. The van der Waals surface area contributed by atoms with E-state index in [-0.39, 0.29) is 32.0 Å². The highest BCUT2D eigenvalue weighted by Gasteiger charge is 2.27. The van der Waals surface area contributed by atoms with Crippen molar-refractivity contribution < 1.29 is 42.1 Å². The number of carbonyl (C=O) groups excluding carboxylic acids is 2. The van der Waals surface area contributed by atoms with Crippen LogP contribution >= 0.6 is 7.82 Å². The molecule has 0 bridgehead atoms. The van der Waals surface area contributed by atoms with Crippen LogP contribution in [0.4, 0.5) is 0 Å². The fourth-order valence-electron chi connectivity index (χ4n) is 7.90. The molecular formula is C58H109NO8P+. The van der Waals surface area contributed by atoms with E-state index in [1.807, 2.05) is 21.1 Å². The van der Waals surface area contributed by atoms with Gasteiger partial charge in [0, 0.05) is 12.8 Å². The molecule has 0 aliphatic rings. The first-order valence-electron chi connectivity index (χ1n) is 28.4. The number of hydrogen-bond acceptors (Lipinski definition) is 7. The first kappa shape index (κ1) is 66.0. The number of hydrogen-bond donors (Lipinski definition) is 1. The molecule has 9 nitrogen and oxygen atoms in total. The molecule has 0 aromatic carbocycles. The van der Waals surface area contributed by atoms with E-state index >= 15 is 0 Å². The zero-order chi connectivity index (χ0) is 49.9. The second kappa shape index (κ2) is 49.9. The van der Waals surface area contributed by atoms with Gasteiger partial charge in [0.2, 0.25) is 0 Å². The topological polar surface area (TPSA) is 108 Å². The van der Waals surface area contributed by atoms with Crippen LogP contribution in [0, 0.1) is 0 Å². The Morgan fingerprint density at radius 3 is 1.19 bits per heavy atom. The van der Waals surface area contributed by atoms with Crippen molar-refractivity contribution in [2.75, 3.05) is 47.5 Å². The number of quaternary nitrogens is 1. The Morgan fingerprint density at radius 1 is 0.456 bits per heavy atom. The minimum Gasteiger partial charge on any atom is -0.462 e.